The van der Waals surface area contributed by atoms with Gasteiger partial charge in [-0.15, -0.1) is 0 Å². The zero-order valence-electron chi connectivity index (χ0n) is 18.6. The van der Waals surface area contributed by atoms with Crippen LogP contribution in [0.5, 0.6) is 0 Å². The van der Waals surface area contributed by atoms with Crippen LogP contribution < -0.4 is 21.7 Å². The van der Waals surface area contributed by atoms with Gasteiger partial charge >= 0.3 is 17.9 Å². The summed E-state index contributed by atoms with van der Waals surface area (Å²) < 4.78 is 0. The molecule has 0 bridgehead atoms. The van der Waals surface area contributed by atoms with Crippen LogP contribution in [-0.4, -0.2) is 96.3 Å². The van der Waals surface area contributed by atoms with Crippen molar-refractivity contribution in [2.24, 2.45) is 5.73 Å². The first-order chi connectivity index (χ1) is 16.3. The lowest BCUT2D eigenvalue weighted by atomic mass is 10.1. The van der Waals surface area contributed by atoms with E-state index in [9.17, 15) is 39.0 Å². The Morgan fingerprint density at radius 2 is 1.51 bits per heavy atom. The Morgan fingerprint density at radius 3 is 2.00 bits per heavy atom. The van der Waals surface area contributed by atoms with Crippen molar-refractivity contribution in [1.29, 1.82) is 0 Å². The molecular formula is C19H28N6O10. The maximum absolute atomic E-state index is 12.9. The van der Waals surface area contributed by atoms with Crippen LogP contribution in [0, 0.1) is 0 Å². The minimum absolute atomic E-state index is 0.179. The maximum Gasteiger partial charge on any atom is 0.326 e. The van der Waals surface area contributed by atoms with E-state index in [4.69, 9.17) is 15.9 Å². The van der Waals surface area contributed by atoms with Gasteiger partial charge in [0.1, 0.15) is 24.2 Å². The van der Waals surface area contributed by atoms with Gasteiger partial charge in [-0.25, -0.2) is 9.78 Å². The fourth-order valence-electron chi connectivity index (χ4n) is 2.77. The lowest BCUT2D eigenvalue weighted by Crippen LogP contribution is -2.59. The third-order valence-corrected chi connectivity index (χ3v) is 4.71. The number of aromatic amines is 1. The number of carbonyl (C=O) groups excluding carboxylic acids is 3. The number of hydrogen-bond acceptors (Lipinski definition) is 9. The highest BCUT2D eigenvalue weighted by Gasteiger charge is 2.32. The smallest absolute Gasteiger partial charge is 0.326 e. The van der Waals surface area contributed by atoms with Gasteiger partial charge in [-0.3, -0.25) is 24.0 Å². The first-order valence-electron chi connectivity index (χ1n) is 10.3. The van der Waals surface area contributed by atoms with Crippen LogP contribution in [0.3, 0.4) is 0 Å². The van der Waals surface area contributed by atoms with Crippen LogP contribution in [0.4, 0.5) is 0 Å². The predicted molar refractivity (Wildman–Crippen MR) is 114 cm³/mol. The van der Waals surface area contributed by atoms with Gasteiger partial charge < -0.3 is 47.1 Å². The third kappa shape index (κ3) is 10.2. The summed E-state index contributed by atoms with van der Waals surface area (Å²) in [5.74, 6) is -7.48. The summed E-state index contributed by atoms with van der Waals surface area (Å²) >= 11 is 0. The highest BCUT2D eigenvalue weighted by Crippen LogP contribution is 2.05. The van der Waals surface area contributed by atoms with Crippen LogP contribution >= 0.6 is 0 Å². The van der Waals surface area contributed by atoms with Crippen LogP contribution in [-0.2, 0) is 35.2 Å². The van der Waals surface area contributed by atoms with E-state index in [1.54, 1.807) is 0 Å². The summed E-state index contributed by atoms with van der Waals surface area (Å²) in [6.07, 6.45) is -0.799. The van der Waals surface area contributed by atoms with Gasteiger partial charge in [-0.05, 0) is 13.3 Å². The minimum atomic E-state index is -1.77. The predicted octanol–water partition coefficient (Wildman–Crippen LogP) is -3.46. The van der Waals surface area contributed by atoms with Crippen molar-refractivity contribution in [3.8, 4) is 0 Å². The minimum Gasteiger partial charge on any atom is -0.481 e. The van der Waals surface area contributed by atoms with E-state index < -0.39 is 85.2 Å². The van der Waals surface area contributed by atoms with Crippen molar-refractivity contribution < 1.29 is 49.2 Å². The number of amides is 3. The molecule has 0 fully saturated rings. The van der Waals surface area contributed by atoms with E-state index in [0.29, 0.717) is 5.69 Å². The summed E-state index contributed by atoms with van der Waals surface area (Å²) in [5.41, 5.74) is 5.96. The van der Waals surface area contributed by atoms with Gasteiger partial charge in [0, 0.05) is 24.7 Å². The molecule has 0 aliphatic carbocycles. The van der Waals surface area contributed by atoms with Gasteiger partial charge in [0.05, 0.1) is 18.9 Å². The molecular weight excluding hydrogens is 472 g/mol. The Morgan fingerprint density at radius 1 is 0.943 bits per heavy atom. The number of imidazole rings is 1. The van der Waals surface area contributed by atoms with E-state index >= 15 is 0 Å². The van der Waals surface area contributed by atoms with Crippen LogP contribution in [0.25, 0.3) is 0 Å². The normalized spacial score (nSPS) is 15.1. The summed E-state index contributed by atoms with van der Waals surface area (Å²) in [6.45, 7) is 1.25. The summed E-state index contributed by atoms with van der Waals surface area (Å²) in [6, 6.07) is -6.20. The molecule has 0 saturated heterocycles. The van der Waals surface area contributed by atoms with Crippen molar-refractivity contribution in [3.05, 3.63) is 18.2 Å². The molecule has 1 aromatic rings. The monoisotopic (exact) mass is 500 g/mol. The average Bonchev–Trinajstić information content (AvgIpc) is 3.27. The van der Waals surface area contributed by atoms with E-state index in [2.05, 4.69) is 20.6 Å². The second-order valence-electron chi connectivity index (χ2n) is 7.60. The Labute approximate surface area is 198 Å². The quantitative estimate of drug-likeness (QED) is 0.114. The zero-order valence-corrected chi connectivity index (χ0v) is 18.6. The Hall–Kier alpha value is -4.05. The largest absolute Gasteiger partial charge is 0.481 e. The number of nitrogens with two attached hydrogens (primary N) is 1. The molecule has 0 aromatic carbocycles. The molecule has 194 valence electrons. The Bertz CT molecular complexity index is 919. The van der Waals surface area contributed by atoms with Gasteiger partial charge in [-0.1, -0.05) is 0 Å². The maximum atomic E-state index is 12.9. The molecule has 0 radical (unpaired) electrons. The van der Waals surface area contributed by atoms with E-state index in [0.717, 1.165) is 0 Å². The molecule has 1 aromatic heterocycles. The fourth-order valence-corrected chi connectivity index (χ4v) is 2.77. The van der Waals surface area contributed by atoms with Gasteiger partial charge in [0.2, 0.25) is 17.7 Å². The molecule has 3 amide bonds. The van der Waals surface area contributed by atoms with E-state index in [1.807, 2.05) is 5.32 Å². The lowest BCUT2D eigenvalue weighted by molar-refractivity contribution is -0.144. The number of aliphatic hydroxyl groups excluding tert-OH is 1. The second kappa shape index (κ2) is 13.6. The van der Waals surface area contributed by atoms with E-state index in [-0.39, 0.29) is 6.42 Å². The molecule has 1 rings (SSSR count). The average molecular weight is 500 g/mol. The van der Waals surface area contributed by atoms with Crippen LogP contribution in [0.15, 0.2) is 12.5 Å². The molecule has 0 saturated carbocycles. The van der Waals surface area contributed by atoms with Crippen molar-refractivity contribution in [2.45, 2.75) is 62.9 Å². The molecule has 5 atom stereocenters. The van der Waals surface area contributed by atoms with E-state index in [1.165, 1.54) is 19.4 Å². The molecule has 0 aliphatic rings. The van der Waals surface area contributed by atoms with Crippen molar-refractivity contribution in [2.75, 3.05) is 0 Å². The van der Waals surface area contributed by atoms with Crippen molar-refractivity contribution in [3.63, 3.8) is 0 Å². The van der Waals surface area contributed by atoms with Crippen LogP contribution in [0.2, 0.25) is 0 Å². The topological polar surface area (TPSA) is 274 Å². The highest BCUT2D eigenvalue weighted by atomic mass is 16.4. The molecule has 0 aliphatic heterocycles. The number of hydrogen-bond donors (Lipinski definition) is 9. The van der Waals surface area contributed by atoms with Gasteiger partial charge in [0.15, 0.2) is 0 Å². The Kier molecular flexibility index (Phi) is 11.3. The fraction of sp³-hybridized carbons (Fsp3) is 0.526. The van der Waals surface area contributed by atoms with Crippen molar-refractivity contribution >= 4 is 35.6 Å². The van der Waals surface area contributed by atoms with Gasteiger partial charge in [0.25, 0.3) is 0 Å². The summed E-state index contributed by atoms with van der Waals surface area (Å²) in [5, 5.41) is 43.1. The number of rotatable bonds is 15. The summed E-state index contributed by atoms with van der Waals surface area (Å²) in [4.78, 5) is 77.5. The number of aliphatic hydroxyl groups is 1. The summed E-state index contributed by atoms with van der Waals surface area (Å²) in [7, 11) is 0. The number of carboxylic acid groups (broad SMARTS) is 3. The number of H-pyrrole nitrogens is 1. The SMILES string of the molecule is CC(O)C(N)C(=O)NC(Cc1cnc[nH]1)C(=O)NC(CC(=O)O)C(=O)NC(CCC(=O)O)C(=O)O. The Balaban J connectivity index is 3.06. The first-order valence-corrected chi connectivity index (χ1v) is 10.3. The number of aliphatic carboxylic acids is 3. The molecule has 0 spiro atoms. The molecule has 16 nitrogen and oxygen atoms in total. The highest BCUT2D eigenvalue weighted by molar-refractivity contribution is 5.95. The second-order valence-corrected chi connectivity index (χ2v) is 7.60. The standard InChI is InChI=1S/C19H28N6O10/c1-8(26)15(20)18(33)25-11(4-9-6-21-7-22-9)16(31)24-12(5-14(29)30)17(32)23-10(19(34)35)2-3-13(27)28/h6-8,10-12,15,26H,2-5,20H2,1H3,(H,21,22)(H,23,32)(H,24,31)(H,25,33)(H,27,28)(H,29,30)(H,34,35). The lowest BCUT2D eigenvalue weighted by Gasteiger charge is -2.24. The number of carbonyl (C=O) groups is 6. The molecule has 16 heteroatoms. The number of aromatic nitrogens is 2. The molecule has 5 unspecified atom stereocenters. The first kappa shape index (κ1) is 29.0. The van der Waals surface area contributed by atoms with Crippen LogP contribution in [0.1, 0.15) is 31.9 Å². The molecule has 35 heavy (non-hydrogen) atoms. The van der Waals surface area contributed by atoms with Crippen molar-refractivity contribution in [1.82, 2.24) is 25.9 Å². The number of nitrogens with zero attached hydrogens (tertiary/aromatic N) is 1. The third-order valence-electron chi connectivity index (χ3n) is 4.71. The number of carboxylic acids is 3. The molecule has 10 N–H and O–H groups in total. The zero-order chi connectivity index (χ0) is 26.7. The number of nitrogens with one attached hydrogen (secondary N) is 4. The van der Waals surface area contributed by atoms with Gasteiger partial charge in [-0.2, -0.15) is 0 Å². The molecule has 1 heterocycles.